The fourth-order valence-corrected chi connectivity index (χ4v) is 5.08. The molecule has 188 valence electrons. The minimum atomic E-state index is -1.21. The summed E-state index contributed by atoms with van der Waals surface area (Å²) >= 11 is 1.49. The van der Waals surface area contributed by atoms with Gasteiger partial charge in [-0.05, 0) is 55.8 Å². The molecule has 1 amide bonds. The first-order valence-electron chi connectivity index (χ1n) is 11.7. The summed E-state index contributed by atoms with van der Waals surface area (Å²) < 4.78 is 18.9. The Morgan fingerprint density at radius 3 is 2.51 bits per heavy atom. The molecule has 8 heteroatoms. The van der Waals surface area contributed by atoms with Gasteiger partial charge in [-0.1, -0.05) is 42.2 Å². The molecule has 2 N–H and O–H groups in total. The Morgan fingerprint density at radius 1 is 1.03 bits per heavy atom. The molecule has 1 fully saturated rings. The number of hydrogen-bond donors (Lipinski definition) is 2. The normalized spacial score (nSPS) is 16.1. The summed E-state index contributed by atoms with van der Waals surface area (Å²) in [4.78, 5) is 24.7. The predicted molar refractivity (Wildman–Crippen MR) is 143 cm³/mol. The molecule has 2 heterocycles. The van der Waals surface area contributed by atoms with Crippen molar-refractivity contribution in [3.05, 3.63) is 88.1 Å². The Balaban J connectivity index is 1.44. The van der Waals surface area contributed by atoms with Gasteiger partial charge in [0.15, 0.2) is 16.8 Å². The van der Waals surface area contributed by atoms with Crippen LogP contribution in [0, 0.1) is 11.8 Å². The molecule has 0 unspecified atom stereocenters. The summed E-state index contributed by atoms with van der Waals surface area (Å²) in [5.41, 5.74) is 0.439. The first-order chi connectivity index (χ1) is 17.7. The van der Waals surface area contributed by atoms with Gasteiger partial charge in [0.1, 0.15) is 12.4 Å². The third-order valence-corrected chi connectivity index (χ3v) is 7.15. The van der Waals surface area contributed by atoms with Crippen molar-refractivity contribution in [3.63, 3.8) is 0 Å². The molecule has 0 radical (unpaired) electrons. The largest absolute Gasteiger partial charge is 0.489 e. The van der Waals surface area contributed by atoms with Crippen LogP contribution in [-0.2, 0) is 16.1 Å². The monoisotopic (exact) mass is 515 g/mol. The predicted octanol–water partition coefficient (Wildman–Crippen LogP) is 5.13. The van der Waals surface area contributed by atoms with Crippen LogP contribution in [0.25, 0.3) is 20.2 Å². The smallest absolute Gasteiger partial charge is 0.406 e. The van der Waals surface area contributed by atoms with Crippen molar-refractivity contribution in [2.75, 3.05) is 13.2 Å². The van der Waals surface area contributed by atoms with Gasteiger partial charge < -0.3 is 24.6 Å². The number of carbonyl (C=O) groups is 1. The molecule has 37 heavy (non-hydrogen) atoms. The van der Waals surface area contributed by atoms with Gasteiger partial charge in [0.2, 0.25) is 0 Å². The van der Waals surface area contributed by atoms with Crippen LogP contribution in [0.15, 0.2) is 71.5 Å². The Hall–Kier alpha value is -3.90. The maximum Gasteiger partial charge on any atom is 0.406 e. The fraction of sp³-hybridized carbons (Fsp3) is 0.241. The van der Waals surface area contributed by atoms with Crippen LogP contribution in [0.4, 0.5) is 4.79 Å². The maximum absolute atomic E-state index is 13.3. The zero-order chi connectivity index (χ0) is 26.0. The van der Waals surface area contributed by atoms with Crippen LogP contribution in [0.5, 0.6) is 5.75 Å². The highest BCUT2D eigenvalue weighted by atomic mass is 32.1. The number of nitrogens with one attached hydrogen (secondary N) is 1. The van der Waals surface area contributed by atoms with Crippen molar-refractivity contribution in [2.24, 2.45) is 0 Å². The summed E-state index contributed by atoms with van der Waals surface area (Å²) in [6.45, 7) is 4.06. The summed E-state index contributed by atoms with van der Waals surface area (Å²) in [5, 5.41) is 12.9. The lowest BCUT2D eigenvalue weighted by molar-refractivity contribution is -0.262. The van der Waals surface area contributed by atoms with Gasteiger partial charge in [0.05, 0.1) is 13.2 Å². The van der Waals surface area contributed by atoms with Crippen LogP contribution in [-0.4, -0.2) is 35.7 Å². The van der Waals surface area contributed by atoms with Gasteiger partial charge in [-0.2, -0.15) is 0 Å². The lowest BCUT2D eigenvalue weighted by Gasteiger charge is -2.40. The molecule has 1 saturated heterocycles. The highest BCUT2D eigenvalue weighted by Crippen LogP contribution is 2.29. The van der Waals surface area contributed by atoms with E-state index in [-0.39, 0.29) is 18.6 Å². The second kappa shape index (κ2) is 9.87. The van der Waals surface area contributed by atoms with E-state index in [0.717, 1.165) is 15.0 Å². The Morgan fingerprint density at radius 2 is 1.78 bits per heavy atom. The van der Waals surface area contributed by atoms with E-state index in [1.165, 1.54) is 11.3 Å². The standard InChI is InChI=1S/C29H25NO6S/c1-28(2)35-17-29(18-36-28,30-27(32)33)13-12-19-8-10-22-25(14-19)37-24-11-9-21(15-23(24)26(22)31)34-16-20-6-4-3-5-7-20/h3-11,14-15,30H,16-18H2,1-2H3,(H,32,33). The van der Waals surface area contributed by atoms with Crippen molar-refractivity contribution >= 4 is 37.6 Å². The summed E-state index contributed by atoms with van der Waals surface area (Å²) in [6, 6.07) is 20.8. The molecule has 0 bridgehead atoms. The SMILES string of the molecule is CC1(C)OCC(C#Cc2ccc3c(=O)c4cc(OCc5ccccc5)ccc4sc3c2)(NC(=O)O)CO1. The molecule has 0 spiro atoms. The molecule has 1 aromatic heterocycles. The van der Waals surface area contributed by atoms with E-state index in [1.807, 2.05) is 48.5 Å². The quantitative estimate of drug-likeness (QED) is 0.289. The number of fused-ring (bicyclic) bond motifs is 2. The van der Waals surface area contributed by atoms with Gasteiger partial charge in [-0.3, -0.25) is 4.79 Å². The Labute approximate surface area is 217 Å². The molecule has 0 saturated carbocycles. The van der Waals surface area contributed by atoms with Crippen LogP contribution < -0.4 is 15.5 Å². The average molecular weight is 516 g/mol. The molecule has 0 aliphatic carbocycles. The molecule has 1 aliphatic rings. The third kappa shape index (κ3) is 5.59. The number of benzene rings is 3. The molecule has 5 rings (SSSR count). The number of carboxylic acid groups (broad SMARTS) is 1. The van der Waals surface area contributed by atoms with Gasteiger partial charge in [0.25, 0.3) is 0 Å². The zero-order valence-electron chi connectivity index (χ0n) is 20.4. The number of hydrogen-bond acceptors (Lipinski definition) is 6. The van der Waals surface area contributed by atoms with Crippen LogP contribution >= 0.6 is 11.3 Å². The lowest BCUT2D eigenvalue weighted by atomic mass is 10.0. The Bertz CT molecular complexity index is 1590. The molecule has 3 aromatic carbocycles. The van der Waals surface area contributed by atoms with Gasteiger partial charge in [0, 0.05) is 25.7 Å². The summed E-state index contributed by atoms with van der Waals surface area (Å²) in [5.74, 6) is 5.85. The van der Waals surface area contributed by atoms with Gasteiger partial charge in [-0.15, -0.1) is 11.3 Å². The highest BCUT2D eigenvalue weighted by Gasteiger charge is 2.40. The second-order valence-electron chi connectivity index (χ2n) is 9.31. The first-order valence-corrected chi connectivity index (χ1v) is 12.5. The van der Waals surface area contributed by atoms with E-state index in [1.54, 1.807) is 32.0 Å². The summed E-state index contributed by atoms with van der Waals surface area (Å²) in [6.07, 6.45) is -1.21. The zero-order valence-corrected chi connectivity index (χ0v) is 21.2. The average Bonchev–Trinajstić information content (AvgIpc) is 2.88. The topological polar surface area (TPSA) is 94.1 Å². The fourth-order valence-electron chi connectivity index (χ4n) is 3.99. The Kier molecular flexibility index (Phi) is 6.61. The molecular formula is C29H25NO6S. The molecular weight excluding hydrogens is 490 g/mol. The van der Waals surface area contributed by atoms with Crippen LogP contribution in [0.3, 0.4) is 0 Å². The van der Waals surface area contributed by atoms with E-state index in [9.17, 15) is 14.7 Å². The van der Waals surface area contributed by atoms with Gasteiger partial charge >= 0.3 is 6.09 Å². The second-order valence-corrected chi connectivity index (χ2v) is 10.4. The molecule has 0 atom stereocenters. The minimum Gasteiger partial charge on any atom is -0.489 e. The van der Waals surface area contributed by atoms with Crippen molar-refractivity contribution in [1.82, 2.24) is 5.32 Å². The maximum atomic E-state index is 13.3. The highest BCUT2D eigenvalue weighted by molar-refractivity contribution is 7.24. The van der Waals surface area contributed by atoms with E-state index >= 15 is 0 Å². The lowest BCUT2D eigenvalue weighted by Crippen LogP contribution is -2.60. The van der Waals surface area contributed by atoms with E-state index in [4.69, 9.17) is 14.2 Å². The number of ether oxygens (including phenoxy) is 3. The molecule has 1 aliphatic heterocycles. The van der Waals surface area contributed by atoms with Crippen molar-refractivity contribution < 1.29 is 24.1 Å². The third-order valence-electron chi connectivity index (χ3n) is 6.01. The number of amides is 1. The number of rotatable bonds is 4. The summed E-state index contributed by atoms with van der Waals surface area (Å²) in [7, 11) is 0. The minimum absolute atomic E-state index is 0.0551. The first kappa shape index (κ1) is 24.8. The van der Waals surface area contributed by atoms with Crippen LogP contribution in [0.1, 0.15) is 25.0 Å². The van der Waals surface area contributed by atoms with Crippen molar-refractivity contribution in [3.8, 4) is 17.6 Å². The van der Waals surface area contributed by atoms with Crippen LogP contribution in [0.2, 0.25) is 0 Å². The van der Waals surface area contributed by atoms with Crippen molar-refractivity contribution in [2.45, 2.75) is 31.8 Å². The van der Waals surface area contributed by atoms with Crippen molar-refractivity contribution in [1.29, 1.82) is 0 Å². The van der Waals surface area contributed by atoms with E-state index in [0.29, 0.717) is 28.7 Å². The van der Waals surface area contributed by atoms with Gasteiger partial charge in [-0.25, -0.2) is 4.79 Å². The van der Waals surface area contributed by atoms with E-state index in [2.05, 4.69) is 17.2 Å². The molecule has 7 nitrogen and oxygen atoms in total. The molecule has 4 aromatic rings. The van der Waals surface area contributed by atoms with E-state index < -0.39 is 17.4 Å².